The van der Waals surface area contributed by atoms with Crippen LogP contribution < -0.4 is 15.0 Å². The molecule has 0 radical (unpaired) electrons. The molecule has 2 saturated heterocycles. The highest BCUT2D eigenvalue weighted by molar-refractivity contribution is 6.00. The smallest absolute Gasteiger partial charge is 0.227 e. The van der Waals surface area contributed by atoms with E-state index >= 15 is 0 Å². The van der Waals surface area contributed by atoms with Crippen LogP contribution in [-0.2, 0) is 14.3 Å². The van der Waals surface area contributed by atoms with Crippen LogP contribution in [0, 0.1) is 5.92 Å². The highest BCUT2D eigenvalue weighted by Gasteiger charge is 2.35. The molecule has 2 amide bonds. The number of rotatable bonds is 6. The number of nitrogens with one attached hydrogen (secondary N) is 1. The maximum atomic E-state index is 12.4. The van der Waals surface area contributed by atoms with E-state index in [0.717, 1.165) is 38.5 Å². The molecule has 0 unspecified atom stereocenters. The summed E-state index contributed by atoms with van der Waals surface area (Å²) in [5.74, 6) is 0.320. The third-order valence-electron chi connectivity index (χ3n) is 4.69. The van der Waals surface area contributed by atoms with Gasteiger partial charge >= 0.3 is 0 Å². The second kappa shape index (κ2) is 8.31. The van der Waals surface area contributed by atoms with Crippen LogP contribution >= 0.6 is 0 Å². The Bertz CT molecular complexity index is 616. The Morgan fingerprint density at radius 2 is 2.16 bits per heavy atom. The van der Waals surface area contributed by atoms with Crippen LogP contribution in [0.5, 0.6) is 5.75 Å². The fourth-order valence-electron chi connectivity index (χ4n) is 3.22. The van der Waals surface area contributed by atoms with Gasteiger partial charge in [-0.25, -0.2) is 0 Å². The number of morpholine rings is 1. The van der Waals surface area contributed by atoms with Crippen molar-refractivity contribution in [2.24, 2.45) is 5.92 Å². The molecule has 0 aromatic heterocycles. The SMILES string of the molecule is COc1cccc(N2C[C@H](C(=O)NCCN3CCOCC3)CC2=O)c1. The Labute approximate surface area is 147 Å². The van der Waals surface area contributed by atoms with Crippen LogP contribution in [0.25, 0.3) is 0 Å². The Morgan fingerprint density at radius 1 is 1.36 bits per heavy atom. The van der Waals surface area contributed by atoms with Crippen molar-refractivity contribution in [3.63, 3.8) is 0 Å². The fourth-order valence-corrected chi connectivity index (χ4v) is 3.22. The normalized spacial score (nSPS) is 21.4. The van der Waals surface area contributed by atoms with Gasteiger partial charge in [-0.2, -0.15) is 0 Å². The molecule has 136 valence electrons. The molecule has 1 aromatic rings. The molecule has 7 nitrogen and oxygen atoms in total. The quantitative estimate of drug-likeness (QED) is 0.811. The lowest BCUT2D eigenvalue weighted by molar-refractivity contribution is -0.126. The highest BCUT2D eigenvalue weighted by Crippen LogP contribution is 2.27. The van der Waals surface area contributed by atoms with E-state index in [1.807, 2.05) is 24.3 Å². The number of methoxy groups -OCH3 is 1. The number of benzene rings is 1. The monoisotopic (exact) mass is 347 g/mol. The molecule has 2 fully saturated rings. The number of anilines is 1. The van der Waals surface area contributed by atoms with Crippen molar-refractivity contribution >= 4 is 17.5 Å². The Morgan fingerprint density at radius 3 is 2.92 bits per heavy atom. The minimum absolute atomic E-state index is 0.0263. The lowest BCUT2D eigenvalue weighted by Crippen LogP contribution is -2.42. The Hall–Kier alpha value is -2.12. The van der Waals surface area contributed by atoms with Crippen LogP contribution in [0.3, 0.4) is 0 Å². The van der Waals surface area contributed by atoms with Crippen LogP contribution in [0.4, 0.5) is 5.69 Å². The van der Waals surface area contributed by atoms with E-state index in [1.54, 1.807) is 12.0 Å². The molecule has 25 heavy (non-hydrogen) atoms. The van der Waals surface area contributed by atoms with Crippen LogP contribution in [0.1, 0.15) is 6.42 Å². The molecule has 1 atom stereocenters. The van der Waals surface area contributed by atoms with Gasteiger partial charge in [-0.15, -0.1) is 0 Å². The number of carbonyl (C=O) groups excluding carboxylic acids is 2. The Balaban J connectivity index is 1.50. The molecule has 3 rings (SSSR count). The van der Waals surface area contributed by atoms with Gasteiger partial charge in [0.25, 0.3) is 0 Å². The van der Waals surface area contributed by atoms with Gasteiger partial charge in [0.2, 0.25) is 11.8 Å². The average molecular weight is 347 g/mol. The summed E-state index contributed by atoms with van der Waals surface area (Å²) in [5.41, 5.74) is 0.771. The summed E-state index contributed by atoms with van der Waals surface area (Å²) in [6, 6.07) is 7.35. The maximum absolute atomic E-state index is 12.4. The van der Waals surface area contributed by atoms with E-state index in [4.69, 9.17) is 9.47 Å². The molecule has 2 aliphatic heterocycles. The largest absolute Gasteiger partial charge is 0.497 e. The molecule has 0 bridgehead atoms. The predicted octanol–water partition coefficient (Wildman–Crippen LogP) is 0.497. The number of nitrogens with zero attached hydrogens (tertiary/aromatic N) is 2. The summed E-state index contributed by atoms with van der Waals surface area (Å²) in [5, 5.41) is 2.96. The van der Waals surface area contributed by atoms with E-state index in [-0.39, 0.29) is 24.2 Å². The maximum Gasteiger partial charge on any atom is 0.227 e. The number of ether oxygens (including phenoxy) is 2. The number of carbonyl (C=O) groups is 2. The minimum atomic E-state index is -0.302. The van der Waals surface area contributed by atoms with E-state index in [9.17, 15) is 9.59 Å². The molecule has 2 heterocycles. The standard InChI is InChI=1S/C18H25N3O4/c1-24-16-4-2-3-15(12-16)21-13-14(11-17(21)22)18(23)19-5-6-20-7-9-25-10-8-20/h2-4,12,14H,5-11,13H2,1H3,(H,19,23)/t14-/m1/s1. The van der Waals surface area contributed by atoms with Crippen molar-refractivity contribution < 1.29 is 19.1 Å². The minimum Gasteiger partial charge on any atom is -0.497 e. The topological polar surface area (TPSA) is 71.1 Å². The zero-order chi connectivity index (χ0) is 17.6. The molecule has 0 aliphatic carbocycles. The lowest BCUT2D eigenvalue weighted by Gasteiger charge is -2.26. The van der Waals surface area contributed by atoms with Crippen molar-refractivity contribution in [1.29, 1.82) is 0 Å². The summed E-state index contributed by atoms with van der Waals surface area (Å²) >= 11 is 0. The molecule has 7 heteroatoms. The summed E-state index contributed by atoms with van der Waals surface area (Å²) in [4.78, 5) is 28.6. The third kappa shape index (κ3) is 4.49. The first-order chi connectivity index (χ1) is 12.2. The average Bonchev–Trinajstić information content (AvgIpc) is 3.04. The van der Waals surface area contributed by atoms with E-state index < -0.39 is 0 Å². The van der Waals surface area contributed by atoms with Gasteiger partial charge in [-0.1, -0.05) is 6.07 Å². The van der Waals surface area contributed by atoms with Gasteiger partial charge in [-0.3, -0.25) is 14.5 Å². The zero-order valence-electron chi connectivity index (χ0n) is 14.6. The van der Waals surface area contributed by atoms with Gasteiger partial charge in [-0.05, 0) is 12.1 Å². The molecule has 1 N–H and O–H groups in total. The van der Waals surface area contributed by atoms with Gasteiger partial charge in [0.1, 0.15) is 5.75 Å². The van der Waals surface area contributed by atoms with Gasteiger partial charge in [0.15, 0.2) is 0 Å². The van der Waals surface area contributed by atoms with E-state index in [2.05, 4.69) is 10.2 Å². The van der Waals surface area contributed by atoms with Crippen LogP contribution in [0.15, 0.2) is 24.3 Å². The van der Waals surface area contributed by atoms with E-state index in [1.165, 1.54) is 0 Å². The number of amides is 2. The third-order valence-corrected chi connectivity index (χ3v) is 4.69. The first kappa shape index (κ1) is 17.7. The van der Waals surface area contributed by atoms with Crippen molar-refractivity contribution in [3.05, 3.63) is 24.3 Å². The Kier molecular flexibility index (Phi) is 5.88. The molecule has 1 aromatic carbocycles. The van der Waals surface area contributed by atoms with Gasteiger partial charge in [0, 0.05) is 50.9 Å². The molecule has 0 spiro atoms. The second-order valence-electron chi connectivity index (χ2n) is 6.35. The zero-order valence-corrected chi connectivity index (χ0v) is 14.6. The lowest BCUT2D eigenvalue weighted by atomic mass is 10.1. The van der Waals surface area contributed by atoms with Gasteiger partial charge in [0.05, 0.1) is 26.2 Å². The van der Waals surface area contributed by atoms with Gasteiger partial charge < -0.3 is 19.7 Å². The highest BCUT2D eigenvalue weighted by atomic mass is 16.5. The molecular weight excluding hydrogens is 322 g/mol. The molecule has 0 saturated carbocycles. The fraction of sp³-hybridized carbons (Fsp3) is 0.556. The summed E-state index contributed by atoms with van der Waals surface area (Å²) in [6.07, 6.45) is 0.251. The summed E-state index contributed by atoms with van der Waals surface area (Å²) in [6.45, 7) is 5.14. The van der Waals surface area contributed by atoms with Crippen LogP contribution in [-0.4, -0.2) is 69.8 Å². The first-order valence-corrected chi connectivity index (χ1v) is 8.69. The molecule has 2 aliphatic rings. The number of hydrogen-bond acceptors (Lipinski definition) is 5. The second-order valence-corrected chi connectivity index (χ2v) is 6.35. The van der Waals surface area contributed by atoms with Crippen molar-refractivity contribution in [2.45, 2.75) is 6.42 Å². The van der Waals surface area contributed by atoms with E-state index in [0.29, 0.717) is 18.8 Å². The number of hydrogen-bond donors (Lipinski definition) is 1. The first-order valence-electron chi connectivity index (χ1n) is 8.69. The summed E-state index contributed by atoms with van der Waals surface area (Å²) in [7, 11) is 1.59. The predicted molar refractivity (Wildman–Crippen MR) is 93.7 cm³/mol. The van der Waals surface area contributed by atoms with Crippen molar-refractivity contribution in [2.75, 3.05) is 57.9 Å². The van der Waals surface area contributed by atoms with Crippen molar-refractivity contribution in [1.82, 2.24) is 10.2 Å². The van der Waals surface area contributed by atoms with Crippen LogP contribution in [0.2, 0.25) is 0 Å². The van der Waals surface area contributed by atoms with Crippen molar-refractivity contribution in [3.8, 4) is 5.75 Å². The summed E-state index contributed by atoms with van der Waals surface area (Å²) < 4.78 is 10.5. The molecular formula is C18H25N3O4.